The SMILES string of the molecule is CCC(=O)c1ccc([C@@H](C)CC)cc1. The highest BCUT2D eigenvalue weighted by Gasteiger charge is 2.05. The number of ketones is 1. The Balaban J connectivity index is 2.83. The van der Waals surface area contributed by atoms with E-state index in [0.717, 1.165) is 12.0 Å². The third-order valence-electron chi connectivity index (χ3n) is 2.74. The van der Waals surface area contributed by atoms with Gasteiger partial charge in [0.15, 0.2) is 5.78 Å². The second-order valence-corrected chi connectivity index (χ2v) is 3.71. The molecule has 0 N–H and O–H groups in total. The molecular formula is C13H18O. The lowest BCUT2D eigenvalue weighted by Crippen LogP contribution is -1.97. The van der Waals surface area contributed by atoms with E-state index in [1.165, 1.54) is 5.56 Å². The fraction of sp³-hybridized carbons (Fsp3) is 0.462. The number of carbonyl (C=O) groups excluding carboxylic acids is 1. The minimum absolute atomic E-state index is 0.223. The van der Waals surface area contributed by atoms with Crippen molar-refractivity contribution in [3.8, 4) is 0 Å². The minimum Gasteiger partial charge on any atom is -0.294 e. The Bertz CT molecular complexity index is 298. The van der Waals surface area contributed by atoms with Gasteiger partial charge >= 0.3 is 0 Å². The molecule has 0 aliphatic rings. The van der Waals surface area contributed by atoms with Gasteiger partial charge in [0.05, 0.1) is 0 Å². The Hall–Kier alpha value is -1.11. The van der Waals surface area contributed by atoms with Crippen LogP contribution in [0.3, 0.4) is 0 Å². The Labute approximate surface area is 86.1 Å². The van der Waals surface area contributed by atoms with Crippen molar-refractivity contribution in [1.82, 2.24) is 0 Å². The summed E-state index contributed by atoms with van der Waals surface area (Å²) in [4.78, 5) is 11.4. The first kappa shape index (κ1) is 11.0. The largest absolute Gasteiger partial charge is 0.294 e. The highest BCUT2D eigenvalue weighted by molar-refractivity contribution is 5.95. The number of benzene rings is 1. The molecular weight excluding hydrogens is 172 g/mol. The number of carbonyl (C=O) groups is 1. The van der Waals surface area contributed by atoms with Gasteiger partial charge in [-0.05, 0) is 17.9 Å². The molecule has 0 radical (unpaired) electrons. The molecule has 0 saturated heterocycles. The quantitative estimate of drug-likeness (QED) is 0.660. The van der Waals surface area contributed by atoms with E-state index in [9.17, 15) is 4.79 Å². The molecule has 1 heteroatoms. The maximum atomic E-state index is 11.4. The van der Waals surface area contributed by atoms with Crippen molar-refractivity contribution < 1.29 is 4.79 Å². The summed E-state index contributed by atoms with van der Waals surface area (Å²) in [5, 5.41) is 0. The molecule has 1 aromatic rings. The van der Waals surface area contributed by atoms with Crippen molar-refractivity contribution in [1.29, 1.82) is 0 Å². The van der Waals surface area contributed by atoms with Crippen LogP contribution in [0.2, 0.25) is 0 Å². The van der Waals surface area contributed by atoms with Gasteiger partial charge < -0.3 is 0 Å². The first-order valence-corrected chi connectivity index (χ1v) is 5.32. The van der Waals surface area contributed by atoms with Gasteiger partial charge in [-0.15, -0.1) is 0 Å². The van der Waals surface area contributed by atoms with Crippen LogP contribution in [-0.2, 0) is 0 Å². The van der Waals surface area contributed by atoms with E-state index in [1.54, 1.807) is 0 Å². The summed E-state index contributed by atoms with van der Waals surface area (Å²) in [6.45, 7) is 6.28. The van der Waals surface area contributed by atoms with Crippen LogP contribution in [0.15, 0.2) is 24.3 Å². The van der Waals surface area contributed by atoms with Gasteiger partial charge in [-0.2, -0.15) is 0 Å². The summed E-state index contributed by atoms with van der Waals surface area (Å²) in [7, 11) is 0. The molecule has 1 aromatic carbocycles. The van der Waals surface area contributed by atoms with Gasteiger partial charge in [0, 0.05) is 12.0 Å². The fourth-order valence-electron chi connectivity index (χ4n) is 1.44. The molecule has 0 saturated carbocycles. The van der Waals surface area contributed by atoms with E-state index in [0.29, 0.717) is 12.3 Å². The van der Waals surface area contributed by atoms with E-state index in [2.05, 4.69) is 26.0 Å². The Morgan fingerprint density at radius 2 is 1.79 bits per heavy atom. The summed E-state index contributed by atoms with van der Waals surface area (Å²) < 4.78 is 0. The zero-order chi connectivity index (χ0) is 10.6. The molecule has 0 aliphatic heterocycles. The van der Waals surface area contributed by atoms with Gasteiger partial charge in [-0.1, -0.05) is 45.0 Å². The van der Waals surface area contributed by atoms with Crippen molar-refractivity contribution in [2.45, 2.75) is 39.5 Å². The van der Waals surface area contributed by atoms with Crippen LogP contribution in [-0.4, -0.2) is 5.78 Å². The van der Waals surface area contributed by atoms with Crippen LogP contribution >= 0.6 is 0 Å². The summed E-state index contributed by atoms with van der Waals surface area (Å²) in [6, 6.07) is 8.01. The Kier molecular flexibility index (Phi) is 3.87. The highest BCUT2D eigenvalue weighted by Crippen LogP contribution is 2.19. The third kappa shape index (κ3) is 2.44. The fourth-order valence-corrected chi connectivity index (χ4v) is 1.44. The summed E-state index contributed by atoms with van der Waals surface area (Å²) in [6.07, 6.45) is 1.73. The second-order valence-electron chi connectivity index (χ2n) is 3.71. The van der Waals surface area contributed by atoms with Gasteiger partial charge in [0.25, 0.3) is 0 Å². The molecule has 0 heterocycles. The zero-order valence-electron chi connectivity index (χ0n) is 9.21. The predicted molar refractivity (Wildman–Crippen MR) is 59.8 cm³/mol. The van der Waals surface area contributed by atoms with Crippen molar-refractivity contribution in [2.75, 3.05) is 0 Å². The Morgan fingerprint density at radius 3 is 2.21 bits per heavy atom. The molecule has 0 amide bonds. The molecule has 1 nitrogen and oxygen atoms in total. The molecule has 0 unspecified atom stereocenters. The van der Waals surface area contributed by atoms with Gasteiger partial charge in [-0.25, -0.2) is 0 Å². The zero-order valence-corrected chi connectivity index (χ0v) is 9.21. The average molecular weight is 190 g/mol. The normalized spacial score (nSPS) is 12.5. The molecule has 0 bridgehead atoms. The van der Waals surface area contributed by atoms with Crippen molar-refractivity contribution >= 4 is 5.78 Å². The van der Waals surface area contributed by atoms with Gasteiger partial charge in [-0.3, -0.25) is 4.79 Å². The molecule has 0 fully saturated rings. The van der Waals surface area contributed by atoms with Gasteiger partial charge in [0.2, 0.25) is 0 Å². The molecule has 0 aromatic heterocycles. The first-order valence-electron chi connectivity index (χ1n) is 5.32. The summed E-state index contributed by atoms with van der Waals surface area (Å²) in [5.74, 6) is 0.807. The van der Waals surface area contributed by atoms with Crippen LogP contribution in [0.4, 0.5) is 0 Å². The van der Waals surface area contributed by atoms with Crippen LogP contribution in [0.25, 0.3) is 0 Å². The Morgan fingerprint density at radius 1 is 1.21 bits per heavy atom. The standard InChI is InChI=1S/C13H18O/c1-4-10(3)11-6-8-12(9-7-11)13(14)5-2/h6-10H,4-5H2,1-3H3/t10-/m0/s1. The van der Waals surface area contributed by atoms with E-state index in [1.807, 2.05) is 19.1 Å². The number of hydrogen-bond acceptors (Lipinski definition) is 1. The number of Topliss-reactive ketones (excluding diaryl/α,β-unsaturated/α-hetero) is 1. The third-order valence-corrected chi connectivity index (χ3v) is 2.74. The lowest BCUT2D eigenvalue weighted by molar-refractivity contribution is 0.0988. The molecule has 76 valence electrons. The highest BCUT2D eigenvalue weighted by atomic mass is 16.1. The van der Waals surface area contributed by atoms with Crippen LogP contribution in [0.5, 0.6) is 0 Å². The summed E-state index contributed by atoms with van der Waals surface area (Å²) >= 11 is 0. The van der Waals surface area contributed by atoms with Crippen molar-refractivity contribution in [2.24, 2.45) is 0 Å². The van der Waals surface area contributed by atoms with Crippen LogP contribution in [0.1, 0.15) is 55.5 Å². The van der Waals surface area contributed by atoms with Crippen LogP contribution in [0, 0.1) is 0 Å². The van der Waals surface area contributed by atoms with E-state index in [4.69, 9.17) is 0 Å². The van der Waals surface area contributed by atoms with Crippen LogP contribution < -0.4 is 0 Å². The molecule has 0 aliphatic carbocycles. The smallest absolute Gasteiger partial charge is 0.162 e. The number of hydrogen-bond donors (Lipinski definition) is 0. The summed E-state index contributed by atoms with van der Waals surface area (Å²) in [5.41, 5.74) is 2.15. The van der Waals surface area contributed by atoms with Gasteiger partial charge in [0.1, 0.15) is 0 Å². The molecule has 1 rings (SSSR count). The monoisotopic (exact) mass is 190 g/mol. The first-order chi connectivity index (χ1) is 6.69. The van der Waals surface area contributed by atoms with Crippen molar-refractivity contribution in [3.63, 3.8) is 0 Å². The van der Waals surface area contributed by atoms with Crippen molar-refractivity contribution in [3.05, 3.63) is 35.4 Å². The maximum Gasteiger partial charge on any atom is 0.162 e. The molecule has 14 heavy (non-hydrogen) atoms. The predicted octanol–water partition coefficient (Wildman–Crippen LogP) is 3.79. The lowest BCUT2D eigenvalue weighted by Gasteiger charge is -2.08. The van der Waals surface area contributed by atoms with E-state index >= 15 is 0 Å². The van der Waals surface area contributed by atoms with E-state index in [-0.39, 0.29) is 5.78 Å². The lowest BCUT2D eigenvalue weighted by atomic mass is 9.96. The average Bonchev–Trinajstić information content (AvgIpc) is 2.27. The number of rotatable bonds is 4. The topological polar surface area (TPSA) is 17.1 Å². The van der Waals surface area contributed by atoms with E-state index < -0.39 is 0 Å². The second kappa shape index (κ2) is 4.94. The minimum atomic E-state index is 0.223. The molecule has 0 spiro atoms. The molecule has 1 atom stereocenters. The maximum absolute atomic E-state index is 11.4.